The van der Waals surface area contributed by atoms with Gasteiger partial charge >= 0.3 is 0 Å². The average molecular weight is 419 g/mol. The molecular weight excluding hydrogens is 388 g/mol. The molecule has 0 saturated carbocycles. The number of nitrogens with one attached hydrogen (secondary N) is 2. The Kier molecular flexibility index (Phi) is 5.82. The molecule has 156 valence electrons. The maximum Gasteiger partial charge on any atom is 0.171 e. The predicted molar refractivity (Wildman–Crippen MR) is 132 cm³/mol. The molecule has 1 aliphatic heterocycles. The molecule has 4 rings (SSSR count). The van der Waals surface area contributed by atoms with Crippen LogP contribution in [-0.4, -0.2) is 33.3 Å². The highest BCUT2D eigenvalue weighted by Gasteiger charge is 2.30. The van der Waals surface area contributed by atoms with E-state index in [0.29, 0.717) is 5.11 Å². The summed E-state index contributed by atoms with van der Waals surface area (Å²) in [4.78, 5) is 4.25. The van der Waals surface area contributed by atoms with Gasteiger partial charge in [0, 0.05) is 45.3 Å². The van der Waals surface area contributed by atoms with Crippen LogP contribution in [0.15, 0.2) is 65.4 Å². The van der Waals surface area contributed by atoms with Gasteiger partial charge in [-0.15, -0.1) is 0 Å². The Balaban J connectivity index is 1.68. The third-order valence-electron chi connectivity index (χ3n) is 5.89. The van der Waals surface area contributed by atoms with Crippen molar-refractivity contribution in [3.05, 3.63) is 76.5 Å². The van der Waals surface area contributed by atoms with Gasteiger partial charge in [-0.3, -0.25) is 0 Å². The van der Waals surface area contributed by atoms with Crippen LogP contribution in [0.5, 0.6) is 0 Å². The van der Waals surface area contributed by atoms with E-state index < -0.39 is 0 Å². The lowest BCUT2D eigenvalue weighted by atomic mass is 9.83. The lowest BCUT2D eigenvalue weighted by Gasteiger charge is -2.36. The van der Waals surface area contributed by atoms with Gasteiger partial charge in [0.05, 0.1) is 6.04 Å². The van der Waals surface area contributed by atoms with E-state index in [9.17, 15) is 0 Å². The van der Waals surface area contributed by atoms with Crippen molar-refractivity contribution < 1.29 is 0 Å². The molecule has 0 aromatic heterocycles. The Labute approximate surface area is 185 Å². The fourth-order valence-corrected chi connectivity index (χ4v) is 4.43. The quantitative estimate of drug-likeness (QED) is 0.693. The van der Waals surface area contributed by atoms with E-state index in [0.717, 1.165) is 19.3 Å². The van der Waals surface area contributed by atoms with Crippen LogP contribution < -0.4 is 20.4 Å². The highest BCUT2D eigenvalue weighted by molar-refractivity contribution is 7.80. The maximum absolute atomic E-state index is 5.58. The molecule has 2 aliphatic rings. The van der Waals surface area contributed by atoms with Crippen LogP contribution in [0.3, 0.4) is 0 Å². The van der Waals surface area contributed by atoms with Crippen molar-refractivity contribution in [3.63, 3.8) is 0 Å². The number of rotatable bonds is 4. The molecule has 0 fully saturated rings. The lowest BCUT2D eigenvalue weighted by molar-refractivity contribution is 0.609. The summed E-state index contributed by atoms with van der Waals surface area (Å²) in [7, 11) is 8.27. The SMILES string of the molecule is CN(C)c1ccc(/C=C2/CCCC3=C2NC(=S)NC3c2ccc(N(C)C)cc2)cc1. The van der Waals surface area contributed by atoms with Crippen LogP contribution in [0.4, 0.5) is 11.4 Å². The Morgan fingerprint density at radius 2 is 1.47 bits per heavy atom. The second-order valence-electron chi connectivity index (χ2n) is 8.43. The van der Waals surface area contributed by atoms with E-state index in [1.807, 2.05) is 0 Å². The van der Waals surface area contributed by atoms with Crippen LogP contribution in [0, 0.1) is 0 Å². The summed E-state index contributed by atoms with van der Waals surface area (Å²) in [6.45, 7) is 0. The summed E-state index contributed by atoms with van der Waals surface area (Å²) < 4.78 is 0. The molecular formula is C25H30N4S. The third kappa shape index (κ3) is 4.21. The van der Waals surface area contributed by atoms with E-state index in [2.05, 4.69) is 103 Å². The largest absolute Gasteiger partial charge is 0.378 e. The highest BCUT2D eigenvalue weighted by atomic mass is 32.1. The minimum atomic E-state index is 0.129. The summed E-state index contributed by atoms with van der Waals surface area (Å²) in [5.74, 6) is 0. The molecule has 1 unspecified atom stereocenters. The van der Waals surface area contributed by atoms with Gasteiger partial charge in [-0.05, 0) is 84.1 Å². The van der Waals surface area contributed by atoms with E-state index in [-0.39, 0.29) is 6.04 Å². The van der Waals surface area contributed by atoms with E-state index in [4.69, 9.17) is 12.2 Å². The molecule has 0 bridgehead atoms. The first-order valence-electron chi connectivity index (χ1n) is 10.5. The van der Waals surface area contributed by atoms with Gasteiger partial charge in [0.1, 0.15) is 0 Å². The number of hydrogen-bond donors (Lipinski definition) is 2. The van der Waals surface area contributed by atoms with Gasteiger partial charge < -0.3 is 20.4 Å². The highest BCUT2D eigenvalue weighted by Crippen LogP contribution is 2.39. The molecule has 0 radical (unpaired) electrons. The van der Waals surface area contributed by atoms with Gasteiger partial charge in [0.25, 0.3) is 0 Å². The molecule has 30 heavy (non-hydrogen) atoms. The lowest BCUT2D eigenvalue weighted by Crippen LogP contribution is -2.45. The number of nitrogens with zero attached hydrogens (tertiary/aromatic N) is 2. The summed E-state index contributed by atoms with van der Waals surface area (Å²) in [6.07, 6.45) is 5.61. The summed E-state index contributed by atoms with van der Waals surface area (Å²) in [5.41, 5.74) is 8.86. The summed E-state index contributed by atoms with van der Waals surface area (Å²) in [6, 6.07) is 17.6. The molecule has 1 heterocycles. The minimum absolute atomic E-state index is 0.129. The van der Waals surface area contributed by atoms with Gasteiger partial charge in [-0.2, -0.15) is 0 Å². The molecule has 5 heteroatoms. The van der Waals surface area contributed by atoms with Crippen LogP contribution in [0.2, 0.25) is 0 Å². The average Bonchev–Trinajstić information content (AvgIpc) is 2.74. The molecule has 1 aliphatic carbocycles. The van der Waals surface area contributed by atoms with Crippen LogP contribution in [-0.2, 0) is 0 Å². The smallest absolute Gasteiger partial charge is 0.171 e. The fourth-order valence-electron chi connectivity index (χ4n) is 4.21. The first-order chi connectivity index (χ1) is 14.4. The van der Waals surface area contributed by atoms with Gasteiger partial charge in [0.2, 0.25) is 0 Å². The first kappa shape index (κ1) is 20.5. The van der Waals surface area contributed by atoms with Crippen molar-refractivity contribution in [2.24, 2.45) is 0 Å². The monoisotopic (exact) mass is 418 g/mol. The normalized spacial score (nSPS) is 19.8. The maximum atomic E-state index is 5.58. The standard InChI is InChI=1S/C25H30N4S/c1-28(2)20-12-8-17(9-13-20)16-19-6-5-7-22-23(26-25(30)27-24(19)22)18-10-14-21(15-11-18)29(3)4/h8-16,23H,5-7H2,1-4H3,(H2,26,27,30)/b19-16-. The second-order valence-corrected chi connectivity index (χ2v) is 8.84. The van der Waals surface area contributed by atoms with Crippen molar-refractivity contribution in [1.82, 2.24) is 10.6 Å². The Hall–Kier alpha value is -2.79. The van der Waals surface area contributed by atoms with Crippen molar-refractivity contribution in [2.45, 2.75) is 25.3 Å². The topological polar surface area (TPSA) is 30.5 Å². The summed E-state index contributed by atoms with van der Waals surface area (Å²) >= 11 is 5.58. The molecule has 0 saturated heterocycles. The van der Waals surface area contributed by atoms with Crippen molar-refractivity contribution in [3.8, 4) is 0 Å². The molecule has 0 spiro atoms. The Bertz CT molecular complexity index is 985. The zero-order valence-corrected chi connectivity index (χ0v) is 19.0. The van der Waals surface area contributed by atoms with Gasteiger partial charge in [-0.1, -0.05) is 24.3 Å². The van der Waals surface area contributed by atoms with Crippen LogP contribution in [0.1, 0.15) is 36.4 Å². The molecule has 0 amide bonds. The fraction of sp³-hybridized carbons (Fsp3) is 0.320. The predicted octanol–water partition coefficient (Wildman–Crippen LogP) is 4.86. The number of anilines is 2. The Morgan fingerprint density at radius 1 is 0.867 bits per heavy atom. The number of thiocarbonyl (C=S) groups is 1. The van der Waals surface area contributed by atoms with E-state index >= 15 is 0 Å². The molecule has 2 aromatic carbocycles. The number of hydrogen-bond acceptors (Lipinski definition) is 3. The minimum Gasteiger partial charge on any atom is -0.378 e. The zero-order chi connectivity index (χ0) is 21.3. The van der Waals surface area contributed by atoms with Crippen molar-refractivity contribution in [2.75, 3.05) is 38.0 Å². The molecule has 2 N–H and O–H groups in total. The van der Waals surface area contributed by atoms with Gasteiger partial charge in [-0.25, -0.2) is 0 Å². The van der Waals surface area contributed by atoms with E-state index in [1.165, 1.54) is 39.3 Å². The van der Waals surface area contributed by atoms with Crippen LogP contribution >= 0.6 is 12.2 Å². The Morgan fingerprint density at radius 3 is 2.07 bits per heavy atom. The van der Waals surface area contributed by atoms with Crippen LogP contribution in [0.25, 0.3) is 6.08 Å². The molecule has 4 nitrogen and oxygen atoms in total. The second kappa shape index (κ2) is 8.52. The first-order valence-corrected chi connectivity index (χ1v) is 10.9. The molecule has 1 atom stereocenters. The van der Waals surface area contributed by atoms with Crippen molar-refractivity contribution in [1.29, 1.82) is 0 Å². The van der Waals surface area contributed by atoms with E-state index in [1.54, 1.807) is 0 Å². The number of allylic oxidation sites excluding steroid dienone is 1. The number of benzene rings is 2. The van der Waals surface area contributed by atoms with Gasteiger partial charge in [0.15, 0.2) is 5.11 Å². The van der Waals surface area contributed by atoms with Crippen molar-refractivity contribution >= 4 is 34.8 Å². The summed E-state index contributed by atoms with van der Waals surface area (Å²) in [5, 5.41) is 7.66. The third-order valence-corrected chi connectivity index (χ3v) is 6.11. The molecule has 2 aromatic rings. The zero-order valence-electron chi connectivity index (χ0n) is 18.2.